The lowest BCUT2D eigenvalue weighted by Gasteiger charge is -2.16. The number of fused-ring (bicyclic) bond motifs is 1. The zero-order valence-electron chi connectivity index (χ0n) is 13.5. The van der Waals surface area contributed by atoms with E-state index < -0.39 is 0 Å². The minimum atomic E-state index is -0.213. The van der Waals surface area contributed by atoms with E-state index in [1.54, 1.807) is 18.5 Å². The van der Waals surface area contributed by atoms with Gasteiger partial charge in [-0.1, -0.05) is 6.07 Å². The summed E-state index contributed by atoms with van der Waals surface area (Å²) in [7, 11) is 1.63. The van der Waals surface area contributed by atoms with Gasteiger partial charge in [0.05, 0.1) is 12.2 Å². The number of carbonyl (C=O) groups excluding carboxylic acids is 2. The molecule has 0 saturated carbocycles. The van der Waals surface area contributed by atoms with Crippen molar-refractivity contribution >= 4 is 28.2 Å². The van der Waals surface area contributed by atoms with Crippen LogP contribution in [0.5, 0.6) is 0 Å². The van der Waals surface area contributed by atoms with Gasteiger partial charge in [0, 0.05) is 19.2 Å². The molecule has 0 radical (unpaired) electrons. The average Bonchev–Trinajstić information content (AvgIpc) is 3.22. The fourth-order valence-electron chi connectivity index (χ4n) is 2.92. The molecule has 1 aromatic carbocycles. The molecule has 0 aliphatic heterocycles. The number of hydrogen-bond acceptors (Lipinski definition) is 4. The highest BCUT2D eigenvalue weighted by Gasteiger charge is 2.19. The third-order valence-electron chi connectivity index (χ3n) is 4.27. The molecule has 2 aromatic rings. The van der Waals surface area contributed by atoms with Crippen LogP contribution in [0.25, 0.3) is 0 Å². The quantitative estimate of drug-likeness (QED) is 0.876. The van der Waals surface area contributed by atoms with E-state index in [-0.39, 0.29) is 25.0 Å². The van der Waals surface area contributed by atoms with Crippen LogP contribution in [0.15, 0.2) is 29.6 Å². The van der Waals surface area contributed by atoms with Gasteiger partial charge in [-0.3, -0.25) is 9.59 Å². The summed E-state index contributed by atoms with van der Waals surface area (Å²) in [6.45, 7) is 0.163. The highest BCUT2D eigenvalue weighted by atomic mass is 32.1. The summed E-state index contributed by atoms with van der Waals surface area (Å²) in [6, 6.07) is 7.50. The van der Waals surface area contributed by atoms with E-state index in [9.17, 15) is 9.59 Å². The molecule has 6 heteroatoms. The van der Waals surface area contributed by atoms with Crippen LogP contribution in [-0.4, -0.2) is 42.0 Å². The van der Waals surface area contributed by atoms with Crippen molar-refractivity contribution in [3.05, 3.63) is 51.9 Å². The van der Waals surface area contributed by atoms with Crippen molar-refractivity contribution in [2.45, 2.75) is 19.3 Å². The number of nitrogens with zero attached hydrogens (tertiary/aromatic N) is 1. The minimum absolute atomic E-state index is 0.0941. The maximum Gasteiger partial charge on any atom is 0.256 e. The van der Waals surface area contributed by atoms with Gasteiger partial charge in [-0.25, -0.2) is 0 Å². The topological polar surface area (TPSA) is 69.6 Å². The van der Waals surface area contributed by atoms with E-state index in [1.807, 2.05) is 18.2 Å². The van der Waals surface area contributed by atoms with E-state index >= 15 is 0 Å². The number of nitrogens with one attached hydrogen (secondary N) is 1. The molecule has 2 amide bonds. The number of aliphatic hydroxyl groups excluding tert-OH is 1. The highest BCUT2D eigenvalue weighted by molar-refractivity contribution is 7.14. The third kappa shape index (κ3) is 3.34. The van der Waals surface area contributed by atoms with Gasteiger partial charge >= 0.3 is 0 Å². The molecule has 0 fully saturated rings. The van der Waals surface area contributed by atoms with Gasteiger partial charge in [0.15, 0.2) is 0 Å². The smallest absolute Gasteiger partial charge is 0.256 e. The normalized spacial score (nSPS) is 12.8. The van der Waals surface area contributed by atoms with E-state index in [1.165, 1.54) is 27.4 Å². The first kappa shape index (κ1) is 16.7. The van der Waals surface area contributed by atoms with Gasteiger partial charge in [-0.05, 0) is 54.0 Å². The molecule has 2 N–H and O–H groups in total. The molecule has 1 heterocycles. The number of carbonyl (C=O) groups is 2. The van der Waals surface area contributed by atoms with Crippen LogP contribution in [0.3, 0.4) is 0 Å². The van der Waals surface area contributed by atoms with Crippen molar-refractivity contribution in [1.29, 1.82) is 0 Å². The number of anilines is 1. The highest BCUT2D eigenvalue weighted by Crippen LogP contribution is 2.27. The summed E-state index contributed by atoms with van der Waals surface area (Å²) in [4.78, 5) is 26.3. The summed E-state index contributed by atoms with van der Waals surface area (Å²) in [6.07, 6.45) is 3.24. The lowest BCUT2D eigenvalue weighted by molar-refractivity contribution is 0.0768. The second-order valence-corrected chi connectivity index (χ2v) is 6.82. The Morgan fingerprint density at radius 2 is 2.04 bits per heavy atom. The third-order valence-corrected chi connectivity index (χ3v) is 5.10. The Kier molecular flexibility index (Phi) is 4.97. The van der Waals surface area contributed by atoms with E-state index in [2.05, 4.69) is 5.32 Å². The summed E-state index contributed by atoms with van der Waals surface area (Å²) in [5.74, 6) is -0.416. The predicted molar refractivity (Wildman–Crippen MR) is 94.8 cm³/mol. The number of aliphatic hydroxyl groups is 1. The molecular weight excluding hydrogens is 324 g/mol. The fraction of sp³-hybridized carbons (Fsp3) is 0.333. The van der Waals surface area contributed by atoms with Crippen molar-refractivity contribution in [1.82, 2.24) is 4.90 Å². The van der Waals surface area contributed by atoms with Gasteiger partial charge in [0.2, 0.25) is 0 Å². The van der Waals surface area contributed by atoms with Gasteiger partial charge in [0.1, 0.15) is 5.00 Å². The maximum absolute atomic E-state index is 12.5. The lowest BCUT2D eigenvalue weighted by Crippen LogP contribution is -2.29. The molecule has 1 aliphatic carbocycles. The number of aryl methyl sites for hydroxylation is 2. The Morgan fingerprint density at radius 1 is 1.25 bits per heavy atom. The Morgan fingerprint density at radius 3 is 2.83 bits per heavy atom. The second kappa shape index (κ2) is 7.15. The number of rotatable bonds is 5. The summed E-state index contributed by atoms with van der Waals surface area (Å²) in [5, 5.41) is 14.1. The molecule has 1 aliphatic rings. The second-order valence-electron chi connectivity index (χ2n) is 5.90. The van der Waals surface area contributed by atoms with Crippen LogP contribution in [0.2, 0.25) is 0 Å². The van der Waals surface area contributed by atoms with E-state index in [0.29, 0.717) is 16.1 Å². The SMILES string of the molecule is CN(CCO)C(=O)c1ccsc1NC(=O)c1ccc2c(c1)CCC2. The fourth-order valence-corrected chi connectivity index (χ4v) is 3.69. The molecule has 0 saturated heterocycles. The predicted octanol–water partition coefficient (Wildman–Crippen LogP) is 2.55. The van der Waals surface area contributed by atoms with E-state index in [0.717, 1.165) is 19.3 Å². The van der Waals surface area contributed by atoms with Crippen LogP contribution in [0, 0.1) is 0 Å². The molecule has 126 valence electrons. The minimum Gasteiger partial charge on any atom is -0.395 e. The van der Waals surface area contributed by atoms with Crippen molar-refractivity contribution in [2.75, 3.05) is 25.5 Å². The zero-order chi connectivity index (χ0) is 17.1. The number of thiophene rings is 1. The van der Waals surface area contributed by atoms with Crippen LogP contribution < -0.4 is 5.32 Å². The largest absolute Gasteiger partial charge is 0.395 e. The Balaban J connectivity index is 1.76. The van der Waals surface area contributed by atoms with Gasteiger partial charge in [-0.15, -0.1) is 11.3 Å². The Bertz CT molecular complexity index is 769. The summed E-state index contributed by atoms with van der Waals surface area (Å²) in [5.41, 5.74) is 3.63. The molecule has 0 spiro atoms. The summed E-state index contributed by atoms with van der Waals surface area (Å²) >= 11 is 1.32. The van der Waals surface area contributed by atoms with Gasteiger partial charge in [0.25, 0.3) is 11.8 Å². The number of amides is 2. The number of likely N-dealkylation sites (N-methyl/N-ethyl adjacent to an activating group) is 1. The average molecular weight is 344 g/mol. The van der Waals surface area contributed by atoms with E-state index in [4.69, 9.17) is 5.11 Å². The Hall–Kier alpha value is -2.18. The molecule has 0 bridgehead atoms. The van der Waals surface area contributed by atoms with Gasteiger partial charge < -0.3 is 15.3 Å². The standard InChI is InChI=1S/C18H20N2O3S/c1-20(8-9-21)18(23)15-7-10-24-17(15)19-16(22)14-6-5-12-3-2-4-13(12)11-14/h5-7,10-11,21H,2-4,8-9H2,1H3,(H,19,22). The number of benzene rings is 1. The van der Waals surface area contributed by atoms with Crippen molar-refractivity contribution in [3.8, 4) is 0 Å². The first-order chi connectivity index (χ1) is 11.6. The van der Waals surface area contributed by atoms with Crippen molar-refractivity contribution in [2.24, 2.45) is 0 Å². The van der Waals surface area contributed by atoms with Crippen LogP contribution in [0.4, 0.5) is 5.00 Å². The van der Waals surface area contributed by atoms with Crippen molar-refractivity contribution in [3.63, 3.8) is 0 Å². The maximum atomic E-state index is 12.5. The molecule has 24 heavy (non-hydrogen) atoms. The molecule has 1 aromatic heterocycles. The van der Waals surface area contributed by atoms with Gasteiger partial charge in [-0.2, -0.15) is 0 Å². The van der Waals surface area contributed by atoms with Crippen LogP contribution in [0.1, 0.15) is 38.3 Å². The molecule has 0 atom stereocenters. The zero-order valence-corrected chi connectivity index (χ0v) is 14.4. The van der Waals surface area contributed by atoms with Crippen molar-refractivity contribution < 1.29 is 14.7 Å². The lowest BCUT2D eigenvalue weighted by atomic mass is 10.1. The summed E-state index contributed by atoms with van der Waals surface area (Å²) < 4.78 is 0. The Labute approximate surface area is 144 Å². The first-order valence-electron chi connectivity index (χ1n) is 7.97. The van der Waals surface area contributed by atoms with Crippen LogP contribution in [-0.2, 0) is 12.8 Å². The first-order valence-corrected chi connectivity index (χ1v) is 8.85. The molecule has 3 rings (SSSR count). The number of hydrogen-bond donors (Lipinski definition) is 2. The van der Waals surface area contributed by atoms with Crippen LogP contribution >= 0.6 is 11.3 Å². The molecule has 5 nitrogen and oxygen atoms in total. The monoisotopic (exact) mass is 344 g/mol. The molecule has 0 unspecified atom stereocenters. The molecular formula is C18H20N2O3S.